The van der Waals surface area contributed by atoms with E-state index in [2.05, 4.69) is 5.32 Å². The van der Waals surface area contributed by atoms with Gasteiger partial charge in [-0.15, -0.1) is 0 Å². The highest BCUT2D eigenvalue weighted by molar-refractivity contribution is 5.74. The molecule has 0 fully saturated rings. The average molecular weight is 255 g/mol. The zero-order chi connectivity index (χ0) is 14.1. The number of urea groups is 1. The Labute approximate surface area is 108 Å². The van der Waals surface area contributed by atoms with Crippen LogP contribution >= 0.6 is 0 Å². The van der Waals surface area contributed by atoms with E-state index in [1.54, 1.807) is 20.9 Å². The minimum atomic E-state index is -0.818. The number of carbonyl (C=O) groups excluding carboxylic acids is 1. The summed E-state index contributed by atoms with van der Waals surface area (Å²) in [6.07, 6.45) is 1.45. The number of rotatable bonds is 7. The molecular weight excluding hydrogens is 234 g/mol. The molecule has 6 nitrogen and oxygen atoms in total. The largest absolute Gasteiger partial charge is 0.481 e. The second-order valence-electron chi connectivity index (χ2n) is 4.44. The molecule has 2 unspecified atom stereocenters. The van der Waals surface area contributed by atoms with Crippen molar-refractivity contribution >= 4 is 12.0 Å². The van der Waals surface area contributed by atoms with Gasteiger partial charge in [-0.1, -0.05) is 6.92 Å². The van der Waals surface area contributed by atoms with Crippen LogP contribution in [-0.4, -0.2) is 41.6 Å². The molecule has 102 valence electrons. The lowest BCUT2D eigenvalue weighted by molar-refractivity contribution is -0.141. The first-order chi connectivity index (χ1) is 8.40. The Morgan fingerprint density at radius 2 is 2.06 bits per heavy atom. The Balaban J connectivity index is 3.84. The molecule has 2 N–H and O–H groups in total. The molecule has 0 rings (SSSR count). The van der Waals surface area contributed by atoms with Crippen LogP contribution in [0.2, 0.25) is 0 Å². The minimum Gasteiger partial charge on any atom is -0.481 e. The van der Waals surface area contributed by atoms with Crippen LogP contribution in [0, 0.1) is 17.2 Å². The molecule has 0 aromatic rings. The van der Waals surface area contributed by atoms with Crippen molar-refractivity contribution in [2.45, 2.75) is 39.2 Å². The SMILES string of the molecule is CC(CCCNC(=O)N(C)C(C)CC#N)C(=O)O. The van der Waals surface area contributed by atoms with Crippen LogP contribution in [0.15, 0.2) is 0 Å². The van der Waals surface area contributed by atoms with Crippen LogP contribution in [0.5, 0.6) is 0 Å². The molecule has 0 saturated carbocycles. The number of carboxylic acids is 1. The van der Waals surface area contributed by atoms with E-state index in [9.17, 15) is 9.59 Å². The number of nitrogens with zero attached hydrogens (tertiary/aromatic N) is 2. The summed E-state index contributed by atoms with van der Waals surface area (Å²) in [7, 11) is 1.64. The van der Waals surface area contributed by atoms with Crippen LogP contribution in [0.1, 0.15) is 33.1 Å². The minimum absolute atomic E-state index is 0.132. The van der Waals surface area contributed by atoms with Gasteiger partial charge in [0.05, 0.1) is 18.4 Å². The van der Waals surface area contributed by atoms with Crippen LogP contribution in [0.25, 0.3) is 0 Å². The highest BCUT2D eigenvalue weighted by atomic mass is 16.4. The van der Waals surface area contributed by atoms with Crippen molar-refractivity contribution < 1.29 is 14.7 Å². The maximum Gasteiger partial charge on any atom is 0.317 e. The number of amides is 2. The summed E-state index contributed by atoms with van der Waals surface area (Å²) in [4.78, 5) is 23.7. The van der Waals surface area contributed by atoms with E-state index < -0.39 is 11.9 Å². The van der Waals surface area contributed by atoms with Crippen molar-refractivity contribution in [1.29, 1.82) is 5.26 Å². The zero-order valence-electron chi connectivity index (χ0n) is 11.1. The zero-order valence-corrected chi connectivity index (χ0v) is 11.1. The normalized spacial score (nSPS) is 13.2. The van der Waals surface area contributed by atoms with Crippen LogP contribution < -0.4 is 5.32 Å². The number of carbonyl (C=O) groups is 2. The summed E-state index contributed by atoms with van der Waals surface area (Å²) in [6, 6.07) is 1.64. The fraction of sp³-hybridized carbons (Fsp3) is 0.750. The van der Waals surface area contributed by atoms with Gasteiger partial charge in [-0.2, -0.15) is 5.26 Å². The van der Waals surface area contributed by atoms with Crippen molar-refractivity contribution in [2.24, 2.45) is 5.92 Å². The van der Waals surface area contributed by atoms with Crippen molar-refractivity contribution in [2.75, 3.05) is 13.6 Å². The predicted octanol–water partition coefficient (Wildman–Crippen LogP) is 1.43. The molecule has 2 atom stereocenters. The molecule has 18 heavy (non-hydrogen) atoms. The number of hydrogen-bond acceptors (Lipinski definition) is 3. The summed E-state index contributed by atoms with van der Waals surface area (Å²) in [5.74, 6) is -1.21. The van der Waals surface area contributed by atoms with Gasteiger partial charge in [0.2, 0.25) is 0 Å². The summed E-state index contributed by atoms with van der Waals surface area (Å²) in [6.45, 7) is 3.89. The van der Waals surface area contributed by atoms with E-state index in [0.717, 1.165) is 0 Å². The summed E-state index contributed by atoms with van der Waals surface area (Å²) < 4.78 is 0. The number of hydrogen-bond donors (Lipinski definition) is 2. The number of aliphatic carboxylic acids is 1. The Morgan fingerprint density at radius 1 is 1.44 bits per heavy atom. The molecule has 6 heteroatoms. The molecule has 0 aromatic carbocycles. The monoisotopic (exact) mass is 255 g/mol. The molecule has 0 aliphatic rings. The summed E-state index contributed by atoms with van der Waals surface area (Å²) in [5.41, 5.74) is 0. The van der Waals surface area contributed by atoms with Crippen molar-refractivity contribution in [3.05, 3.63) is 0 Å². The standard InChI is InChI=1S/C12H21N3O3/c1-9(11(16)17)5-4-8-14-12(18)15(3)10(2)6-7-13/h9-10H,4-6,8H2,1-3H3,(H,14,18)(H,16,17). The third-order valence-electron chi connectivity index (χ3n) is 2.88. The maximum absolute atomic E-state index is 11.6. The third kappa shape index (κ3) is 6.09. The quantitative estimate of drug-likeness (QED) is 0.673. The lowest BCUT2D eigenvalue weighted by Crippen LogP contribution is -2.42. The van der Waals surface area contributed by atoms with Gasteiger partial charge >= 0.3 is 12.0 Å². The lowest BCUT2D eigenvalue weighted by Gasteiger charge is -2.23. The van der Waals surface area contributed by atoms with Gasteiger partial charge in [0, 0.05) is 19.6 Å². The fourth-order valence-corrected chi connectivity index (χ4v) is 1.32. The van der Waals surface area contributed by atoms with Gasteiger partial charge in [0.1, 0.15) is 0 Å². The smallest absolute Gasteiger partial charge is 0.317 e. The second-order valence-corrected chi connectivity index (χ2v) is 4.44. The van der Waals surface area contributed by atoms with Crippen LogP contribution in [-0.2, 0) is 4.79 Å². The molecule has 0 radical (unpaired) electrons. The van der Waals surface area contributed by atoms with Gasteiger partial charge in [-0.3, -0.25) is 4.79 Å². The third-order valence-corrected chi connectivity index (χ3v) is 2.88. The van der Waals surface area contributed by atoms with E-state index in [0.29, 0.717) is 25.8 Å². The van der Waals surface area contributed by atoms with E-state index in [-0.39, 0.29) is 12.1 Å². The molecule has 0 bridgehead atoms. The van der Waals surface area contributed by atoms with E-state index >= 15 is 0 Å². The molecule has 0 aromatic heterocycles. The highest BCUT2D eigenvalue weighted by Gasteiger charge is 2.15. The van der Waals surface area contributed by atoms with Gasteiger partial charge < -0.3 is 15.3 Å². The summed E-state index contributed by atoms with van der Waals surface area (Å²) >= 11 is 0. The van der Waals surface area contributed by atoms with E-state index in [1.807, 2.05) is 6.07 Å². The Kier molecular flexibility index (Phi) is 7.52. The molecule has 0 aliphatic heterocycles. The topological polar surface area (TPSA) is 93.4 Å². The number of nitriles is 1. The molecule has 0 heterocycles. The predicted molar refractivity (Wildman–Crippen MR) is 66.9 cm³/mol. The average Bonchev–Trinajstić information content (AvgIpc) is 2.33. The van der Waals surface area contributed by atoms with Gasteiger partial charge in [0.25, 0.3) is 0 Å². The van der Waals surface area contributed by atoms with Crippen LogP contribution in [0.3, 0.4) is 0 Å². The molecule has 0 spiro atoms. The Hall–Kier alpha value is -1.77. The lowest BCUT2D eigenvalue weighted by atomic mass is 10.1. The highest BCUT2D eigenvalue weighted by Crippen LogP contribution is 2.05. The first-order valence-corrected chi connectivity index (χ1v) is 6.00. The molecule has 0 saturated heterocycles. The Bertz CT molecular complexity index is 325. The van der Waals surface area contributed by atoms with Gasteiger partial charge in [-0.05, 0) is 19.8 Å². The first kappa shape index (κ1) is 16.2. The van der Waals surface area contributed by atoms with Crippen LogP contribution in [0.4, 0.5) is 4.79 Å². The molecule has 0 aliphatic carbocycles. The summed E-state index contributed by atoms with van der Waals surface area (Å²) in [5, 5.41) is 19.9. The van der Waals surface area contributed by atoms with E-state index in [1.165, 1.54) is 4.90 Å². The van der Waals surface area contributed by atoms with Gasteiger partial charge in [0.15, 0.2) is 0 Å². The van der Waals surface area contributed by atoms with Crippen molar-refractivity contribution in [3.63, 3.8) is 0 Å². The Morgan fingerprint density at radius 3 is 2.56 bits per heavy atom. The van der Waals surface area contributed by atoms with Crippen molar-refractivity contribution in [3.8, 4) is 6.07 Å². The number of carboxylic acid groups (broad SMARTS) is 1. The fourth-order valence-electron chi connectivity index (χ4n) is 1.32. The maximum atomic E-state index is 11.6. The van der Waals surface area contributed by atoms with Crippen molar-refractivity contribution in [1.82, 2.24) is 10.2 Å². The first-order valence-electron chi connectivity index (χ1n) is 6.00. The van der Waals surface area contributed by atoms with E-state index in [4.69, 9.17) is 10.4 Å². The molecule has 2 amide bonds. The number of nitrogens with one attached hydrogen (secondary N) is 1. The van der Waals surface area contributed by atoms with Gasteiger partial charge in [-0.25, -0.2) is 4.79 Å². The second kappa shape index (κ2) is 8.34. The molecular formula is C12H21N3O3.